The Morgan fingerprint density at radius 2 is 2.05 bits per heavy atom. The van der Waals surface area contributed by atoms with E-state index >= 15 is 0 Å². The third-order valence-electron chi connectivity index (χ3n) is 2.36. The van der Waals surface area contributed by atoms with Crippen LogP contribution in [-0.4, -0.2) is 31.3 Å². The van der Waals surface area contributed by atoms with Gasteiger partial charge in [-0.2, -0.15) is 0 Å². The van der Waals surface area contributed by atoms with Crippen molar-refractivity contribution < 1.29 is 13.6 Å². The van der Waals surface area contributed by atoms with Gasteiger partial charge in [0.05, 0.1) is 5.75 Å². The van der Waals surface area contributed by atoms with Crippen LogP contribution in [0.15, 0.2) is 23.1 Å². The molecule has 0 radical (unpaired) electrons. The summed E-state index contributed by atoms with van der Waals surface area (Å²) in [6.45, 7) is 2.48. The molecule has 1 unspecified atom stereocenters. The summed E-state index contributed by atoms with van der Waals surface area (Å²) in [5.74, 6) is -1.73. The van der Waals surface area contributed by atoms with Gasteiger partial charge in [-0.05, 0) is 32.2 Å². The number of thioether (sulfide) groups is 1. The summed E-state index contributed by atoms with van der Waals surface area (Å²) in [6, 6.07) is 3.79. The van der Waals surface area contributed by atoms with E-state index in [4.69, 9.17) is 0 Å². The van der Waals surface area contributed by atoms with Crippen molar-refractivity contribution in [3.05, 3.63) is 29.8 Å². The quantitative estimate of drug-likeness (QED) is 0.792. The maximum atomic E-state index is 12.9. The molecular weight excluding hydrogens is 294 g/mol. The molecule has 0 aliphatic carbocycles. The normalized spacial score (nSPS) is 11.6. The van der Waals surface area contributed by atoms with Crippen molar-refractivity contribution in [2.24, 2.45) is 0 Å². The van der Waals surface area contributed by atoms with Crippen molar-refractivity contribution in [3.63, 3.8) is 0 Å². The number of carbonyl (C=O) groups is 1. The van der Waals surface area contributed by atoms with Crippen LogP contribution in [0.1, 0.15) is 6.92 Å². The van der Waals surface area contributed by atoms with Gasteiger partial charge in [0, 0.05) is 17.5 Å². The lowest BCUT2D eigenvalue weighted by molar-refractivity contribution is -0.118. The number of hydrogen-bond acceptors (Lipinski definition) is 3. The van der Waals surface area contributed by atoms with Crippen LogP contribution in [0.3, 0.4) is 0 Å². The molecule has 108 valence electrons. The third kappa shape index (κ3) is 6.75. The predicted octanol–water partition coefficient (Wildman–Crippen LogP) is 2.20. The maximum absolute atomic E-state index is 12.9. The third-order valence-corrected chi connectivity index (χ3v) is 3.35. The van der Waals surface area contributed by atoms with Gasteiger partial charge >= 0.3 is 0 Å². The van der Waals surface area contributed by atoms with Gasteiger partial charge in [0.15, 0.2) is 11.6 Å². The highest BCUT2D eigenvalue weighted by atomic mass is 35.5. The molecule has 0 aliphatic rings. The smallest absolute Gasteiger partial charge is 0.230 e. The zero-order chi connectivity index (χ0) is 13.5. The Morgan fingerprint density at radius 1 is 1.37 bits per heavy atom. The number of carbonyl (C=O) groups excluding carboxylic acids is 1. The number of benzene rings is 1. The fourth-order valence-electron chi connectivity index (χ4n) is 1.14. The average molecular weight is 311 g/mol. The molecule has 2 N–H and O–H groups in total. The summed E-state index contributed by atoms with van der Waals surface area (Å²) in [4.78, 5) is 12.0. The molecule has 7 heteroatoms. The zero-order valence-electron chi connectivity index (χ0n) is 10.7. The van der Waals surface area contributed by atoms with Gasteiger partial charge in [-0.3, -0.25) is 4.79 Å². The predicted molar refractivity (Wildman–Crippen MR) is 75.9 cm³/mol. The van der Waals surface area contributed by atoms with Crippen molar-refractivity contribution >= 4 is 30.1 Å². The molecule has 0 aliphatic heterocycles. The number of likely N-dealkylation sites (N-methyl/N-ethyl adjacent to an activating group) is 1. The van der Waals surface area contributed by atoms with E-state index in [-0.39, 0.29) is 30.1 Å². The van der Waals surface area contributed by atoms with E-state index in [1.54, 1.807) is 0 Å². The molecule has 0 aromatic heterocycles. The Kier molecular flexibility index (Phi) is 8.71. The van der Waals surface area contributed by atoms with E-state index < -0.39 is 11.6 Å². The molecule has 0 bridgehead atoms. The average Bonchev–Trinajstić information content (AvgIpc) is 2.37. The first-order valence-electron chi connectivity index (χ1n) is 5.54. The van der Waals surface area contributed by atoms with Gasteiger partial charge in [0.25, 0.3) is 0 Å². The van der Waals surface area contributed by atoms with Gasteiger partial charge in [-0.1, -0.05) is 0 Å². The van der Waals surface area contributed by atoms with E-state index in [2.05, 4.69) is 10.6 Å². The first-order valence-corrected chi connectivity index (χ1v) is 6.53. The van der Waals surface area contributed by atoms with E-state index in [0.717, 1.165) is 12.1 Å². The van der Waals surface area contributed by atoms with Crippen LogP contribution in [0.4, 0.5) is 8.78 Å². The van der Waals surface area contributed by atoms with Crippen LogP contribution in [0.5, 0.6) is 0 Å². The number of halogens is 3. The monoisotopic (exact) mass is 310 g/mol. The van der Waals surface area contributed by atoms with Crippen LogP contribution in [0.25, 0.3) is 0 Å². The van der Waals surface area contributed by atoms with Gasteiger partial charge in [0.2, 0.25) is 5.91 Å². The van der Waals surface area contributed by atoms with Gasteiger partial charge < -0.3 is 10.6 Å². The van der Waals surface area contributed by atoms with E-state index in [9.17, 15) is 13.6 Å². The summed E-state index contributed by atoms with van der Waals surface area (Å²) in [5, 5.41) is 5.73. The fraction of sp³-hybridized carbons (Fsp3) is 0.417. The SMILES string of the molecule is CNC(C)CNC(=O)CSc1ccc(F)c(F)c1.Cl. The molecule has 0 saturated heterocycles. The number of nitrogens with one attached hydrogen (secondary N) is 2. The van der Waals surface area contributed by atoms with Crippen LogP contribution < -0.4 is 10.6 Å². The van der Waals surface area contributed by atoms with Crippen molar-refractivity contribution in [3.8, 4) is 0 Å². The standard InChI is InChI=1S/C12H16F2N2OS.ClH/c1-8(15-2)6-16-12(17)7-18-9-3-4-10(13)11(14)5-9;/h3-5,8,15H,6-7H2,1-2H3,(H,16,17);1H. The van der Waals surface area contributed by atoms with E-state index in [1.165, 1.54) is 17.8 Å². The van der Waals surface area contributed by atoms with Gasteiger partial charge in [-0.25, -0.2) is 8.78 Å². The molecular formula is C12H17ClF2N2OS. The topological polar surface area (TPSA) is 41.1 Å². The largest absolute Gasteiger partial charge is 0.354 e. The molecule has 1 atom stereocenters. The molecule has 3 nitrogen and oxygen atoms in total. The lowest BCUT2D eigenvalue weighted by atomic mass is 10.3. The second-order valence-electron chi connectivity index (χ2n) is 3.86. The highest BCUT2D eigenvalue weighted by Gasteiger charge is 2.07. The van der Waals surface area contributed by atoms with Crippen molar-refractivity contribution in [2.75, 3.05) is 19.3 Å². The molecule has 1 aromatic carbocycles. The molecule has 0 heterocycles. The Labute approximate surface area is 121 Å². The Morgan fingerprint density at radius 3 is 2.63 bits per heavy atom. The summed E-state index contributed by atoms with van der Waals surface area (Å²) in [7, 11) is 1.81. The summed E-state index contributed by atoms with van der Waals surface area (Å²) < 4.78 is 25.6. The van der Waals surface area contributed by atoms with Crippen molar-refractivity contribution in [2.45, 2.75) is 17.9 Å². The first kappa shape index (κ1) is 18.1. The van der Waals surface area contributed by atoms with Crippen LogP contribution in [-0.2, 0) is 4.79 Å². The molecule has 0 fully saturated rings. The second-order valence-corrected chi connectivity index (χ2v) is 4.91. The molecule has 1 aromatic rings. The molecule has 19 heavy (non-hydrogen) atoms. The fourth-order valence-corrected chi connectivity index (χ4v) is 1.89. The van der Waals surface area contributed by atoms with Crippen molar-refractivity contribution in [1.82, 2.24) is 10.6 Å². The van der Waals surface area contributed by atoms with Gasteiger partial charge in [-0.15, -0.1) is 24.2 Å². The van der Waals surface area contributed by atoms with Crippen LogP contribution >= 0.6 is 24.2 Å². The lowest BCUT2D eigenvalue weighted by Crippen LogP contribution is -2.37. The maximum Gasteiger partial charge on any atom is 0.230 e. The van der Waals surface area contributed by atoms with E-state index in [0.29, 0.717) is 11.4 Å². The Bertz CT molecular complexity index is 421. The van der Waals surface area contributed by atoms with Gasteiger partial charge in [0.1, 0.15) is 0 Å². The number of rotatable bonds is 6. The lowest BCUT2D eigenvalue weighted by Gasteiger charge is -2.11. The molecule has 0 saturated carbocycles. The summed E-state index contributed by atoms with van der Waals surface area (Å²) in [6.07, 6.45) is 0. The Balaban J connectivity index is 0.00000324. The molecule has 0 spiro atoms. The minimum atomic E-state index is -0.899. The Hall–Kier alpha value is -0.850. The second kappa shape index (κ2) is 9.12. The van der Waals surface area contributed by atoms with Crippen molar-refractivity contribution in [1.29, 1.82) is 0 Å². The summed E-state index contributed by atoms with van der Waals surface area (Å²) in [5.41, 5.74) is 0. The zero-order valence-corrected chi connectivity index (χ0v) is 12.3. The first-order chi connectivity index (χ1) is 8.52. The highest BCUT2D eigenvalue weighted by molar-refractivity contribution is 8.00. The number of hydrogen-bond donors (Lipinski definition) is 2. The number of amides is 1. The van der Waals surface area contributed by atoms with Crippen LogP contribution in [0.2, 0.25) is 0 Å². The van der Waals surface area contributed by atoms with Crippen LogP contribution in [0, 0.1) is 11.6 Å². The van der Waals surface area contributed by atoms with E-state index in [1.807, 2.05) is 14.0 Å². The molecule has 1 amide bonds. The highest BCUT2D eigenvalue weighted by Crippen LogP contribution is 2.19. The summed E-state index contributed by atoms with van der Waals surface area (Å²) >= 11 is 1.17. The minimum absolute atomic E-state index is 0. The minimum Gasteiger partial charge on any atom is -0.354 e. The molecule has 1 rings (SSSR count).